The average molecular weight is 767 g/mol. The molecule has 0 spiro atoms. The Morgan fingerprint density at radius 1 is 0.722 bits per heavy atom. The van der Waals surface area contributed by atoms with E-state index in [4.69, 9.17) is 33.2 Å². The van der Waals surface area contributed by atoms with Crippen LogP contribution in [0.3, 0.4) is 0 Å². The molecule has 4 aliphatic heterocycles. The van der Waals surface area contributed by atoms with E-state index in [2.05, 4.69) is 13.8 Å². The zero-order chi connectivity index (χ0) is 38.3. The lowest BCUT2D eigenvalue weighted by Gasteiger charge is -2.63. The monoisotopic (exact) mass is 766 g/mol. The minimum atomic E-state index is -1.01. The standard InChI is InChI=1S/C40H62O14/c1-19-36(53-32-13-26(41)30(45)18-49-32)28(43)15-34(51-19)54-37-20(2)50-33(14-27(37)42)52-23-7-9-38(3)22(12-23)5-6-25-24(38)8-10-39(4)35(21-11-31(46)48-17-21)29(44)16-40(25,39)47/h11,19-20,22-30,32-37,41-45,47H,5-10,12-18H2,1-4H3/t19-,20-,22-,23+,24+,25-,26+,27+,28+,29+,30-,32+,33+,34+,35+,36-,37-,38+,39-,40+/m1/s1. The van der Waals surface area contributed by atoms with Gasteiger partial charge in [-0.3, -0.25) is 0 Å². The molecule has 0 bridgehead atoms. The molecule has 0 unspecified atom stereocenters. The summed E-state index contributed by atoms with van der Waals surface area (Å²) in [5.41, 5.74) is -0.682. The first-order valence-electron chi connectivity index (χ1n) is 20.5. The largest absolute Gasteiger partial charge is 0.458 e. The molecule has 0 radical (unpaired) electrons. The molecule has 7 fully saturated rings. The van der Waals surface area contributed by atoms with Gasteiger partial charge in [-0.05, 0) is 87.5 Å². The van der Waals surface area contributed by atoms with Crippen molar-refractivity contribution in [1.29, 1.82) is 0 Å². The normalized spacial score (nSPS) is 55.0. The molecular formula is C40H62O14. The zero-order valence-electron chi connectivity index (χ0n) is 32.0. The van der Waals surface area contributed by atoms with Crippen LogP contribution in [-0.4, -0.2) is 135 Å². The molecule has 14 nitrogen and oxygen atoms in total. The highest BCUT2D eigenvalue weighted by Gasteiger charge is 2.70. The Morgan fingerprint density at radius 3 is 2.00 bits per heavy atom. The van der Waals surface area contributed by atoms with Gasteiger partial charge in [0.2, 0.25) is 0 Å². The van der Waals surface area contributed by atoms with Gasteiger partial charge in [0, 0.05) is 43.1 Å². The fourth-order valence-electron chi connectivity index (χ4n) is 12.6. The van der Waals surface area contributed by atoms with Crippen molar-refractivity contribution < 1.29 is 68.6 Å². The second-order valence-electron chi connectivity index (χ2n) is 18.5. The maximum absolute atomic E-state index is 12.6. The van der Waals surface area contributed by atoms with Crippen molar-refractivity contribution in [2.24, 2.45) is 34.5 Å². The second kappa shape index (κ2) is 14.8. The van der Waals surface area contributed by atoms with Crippen molar-refractivity contribution in [3.8, 4) is 0 Å². The Balaban J connectivity index is 0.836. The van der Waals surface area contributed by atoms with Gasteiger partial charge in [-0.1, -0.05) is 13.8 Å². The quantitative estimate of drug-likeness (QED) is 0.162. The minimum absolute atomic E-state index is 0.0184. The van der Waals surface area contributed by atoms with Gasteiger partial charge in [-0.2, -0.15) is 0 Å². The molecule has 54 heavy (non-hydrogen) atoms. The van der Waals surface area contributed by atoms with Crippen molar-refractivity contribution in [2.75, 3.05) is 13.2 Å². The van der Waals surface area contributed by atoms with E-state index in [1.54, 1.807) is 6.92 Å². The lowest BCUT2D eigenvalue weighted by molar-refractivity contribution is -0.332. The third-order valence-electron chi connectivity index (χ3n) is 15.5. The van der Waals surface area contributed by atoms with E-state index in [0.717, 1.165) is 50.5 Å². The number of esters is 1. The number of hydrogen-bond donors (Lipinski definition) is 6. The van der Waals surface area contributed by atoms with Crippen LogP contribution in [0.15, 0.2) is 11.6 Å². The lowest BCUT2D eigenvalue weighted by atomic mass is 9.43. The first kappa shape index (κ1) is 39.6. The van der Waals surface area contributed by atoms with E-state index in [1.165, 1.54) is 6.08 Å². The SMILES string of the molecule is C[C@H]1O[C@@H](O[C@H]2CC[C@@]3(C)[C@H](CC[C@@H]4[C@@H]3CC[C@]3(C)[C@@H](C5=CC(=O)OC5)[C@@H](O)C[C@]43O)C2)C[C@H](O)[C@@H]1O[C@H]1C[C@H](O)[C@H](O[C@H]2C[C@H](O)[C@H](O)CO2)[C@@H](C)O1. The van der Waals surface area contributed by atoms with Crippen LogP contribution >= 0.6 is 0 Å². The van der Waals surface area contributed by atoms with E-state index < -0.39 is 84.8 Å². The van der Waals surface area contributed by atoms with Gasteiger partial charge in [0.1, 0.15) is 24.9 Å². The van der Waals surface area contributed by atoms with Gasteiger partial charge in [-0.25, -0.2) is 4.79 Å². The molecule has 14 heteroatoms. The summed E-state index contributed by atoms with van der Waals surface area (Å²) in [6.07, 6.45) is -0.492. The van der Waals surface area contributed by atoms with Gasteiger partial charge < -0.3 is 63.8 Å². The smallest absolute Gasteiger partial charge is 0.331 e. The first-order valence-corrected chi connectivity index (χ1v) is 20.5. The van der Waals surface area contributed by atoms with Crippen LogP contribution in [0.2, 0.25) is 0 Å². The molecular weight excluding hydrogens is 704 g/mol. The average Bonchev–Trinajstić information content (AvgIpc) is 3.61. The highest BCUT2D eigenvalue weighted by Crippen LogP contribution is 2.70. The summed E-state index contributed by atoms with van der Waals surface area (Å²) >= 11 is 0. The van der Waals surface area contributed by atoms with E-state index in [-0.39, 0.29) is 61.8 Å². The van der Waals surface area contributed by atoms with Crippen LogP contribution in [0.4, 0.5) is 0 Å². The van der Waals surface area contributed by atoms with Crippen LogP contribution in [0, 0.1) is 34.5 Å². The molecule has 4 aliphatic carbocycles. The van der Waals surface area contributed by atoms with Crippen molar-refractivity contribution in [1.82, 2.24) is 0 Å². The summed E-state index contributed by atoms with van der Waals surface area (Å²) in [7, 11) is 0. The zero-order valence-corrected chi connectivity index (χ0v) is 32.0. The number of fused-ring (bicyclic) bond motifs is 5. The van der Waals surface area contributed by atoms with Crippen molar-refractivity contribution in [3.63, 3.8) is 0 Å². The maximum atomic E-state index is 12.6. The number of ether oxygens (including phenoxy) is 7. The summed E-state index contributed by atoms with van der Waals surface area (Å²) in [4.78, 5) is 11.9. The summed E-state index contributed by atoms with van der Waals surface area (Å²) in [5.74, 6) is 0.179. The summed E-state index contributed by atoms with van der Waals surface area (Å²) in [5, 5.41) is 65.8. The van der Waals surface area contributed by atoms with E-state index in [1.807, 2.05) is 6.92 Å². The number of aliphatic hydroxyl groups excluding tert-OH is 5. The number of aliphatic hydroxyl groups is 6. The van der Waals surface area contributed by atoms with Crippen molar-refractivity contribution >= 4 is 5.97 Å². The molecule has 0 aromatic rings. The first-order chi connectivity index (χ1) is 25.6. The predicted molar refractivity (Wildman–Crippen MR) is 188 cm³/mol. The Bertz CT molecular complexity index is 1390. The number of carbonyl (C=O) groups excluding carboxylic acids is 1. The van der Waals surface area contributed by atoms with E-state index in [9.17, 15) is 35.4 Å². The van der Waals surface area contributed by atoms with Gasteiger partial charge in [-0.15, -0.1) is 0 Å². The fraction of sp³-hybridized carbons (Fsp3) is 0.925. The molecule has 8 aliphatic rings. The molecule has 0 amide bonds. The fourth-order valence-corrected chi connectivity index (χ4v) is 12.6. The Morgan fingerprint density at radius 2 is 1.37 bits per heavy atom. The van der Waals surface area contributed by atoms with Crippen LogP contribution in [0.5, 0.6) is 0 Å². The molecule has 306 valence electrons. The molecule has 4 heterocycles. The van der Waals surface area contributed by atoms with Crippen molar-refractivity contribution in [3.05, 3.63) is 11.6 Å². The molecule has 4 saturated carbocycles. The minimum Gasteiger partial charge on any atom is -0.458 e. The van der Waals surface area contributed by atoms with Gasteiger partial charge >= 0.3 is 5.97 Å². The van der Waals surface area contributed by atoms with Crippen LogP contribution < -0.4 is 0 Å². The van der Waals surface area contributed by atoms with Gasteiger partial charge in [0.25, 0.3) is 0 Å². The highest BCUT2D eigenvalue weighted by atomic mass is 16.7. The van der Waals surface area contributed by atoms with Crippen LogP contribution in [0.1, 0.15) is 98.3 Å². The van der Waals surface area contributed by atoms with Gasteiger partial charge in [0.15, 0.2) is 18.9 Å². The lowest BCUT2D eigenvalue weighted by Crippen LogP contribution is -2.62. The topological polar surface area (TPSA) is 203 Å². The maximum Gasteiger partial charge on any atom is 0.331 e. The Kier molecular flexibility index (Phi) is 10.9. The van der Waals surface area contributed by atoms with E-state index >= 15 is 0 Å². The number of cyclic esters (lactones) is 1. The van der Waals surface area contributed by atoms with Crippen LogP contribution in [0.25, 0.3) is 0 Å². The number of rotatable bonds is 7. The van der Waals surface area contributed by atoms with Crippen LogP contribution in [-0.2, 0) is 38.0 Å². The molecule has 0 aromatic carbocycles. The molecule has 20 atom stereocenters. The second-order valence-corrected chi connectivity index (χ2v) is 18.5. The molecule has 8 rings (SSSR count). The Labute approximate surface area is 317 Å². The summed E-state index contributed by atoms with van der Waals surface area (Å²) in [6.45, 7) is 8.26. The number of carbonyl (C=O) groups is 1. The van der Waals surface area contributed by atoms with E-state index in [0.29, 0.717) is 18.3 Å². The van der Waals surface area contributed by atoms with Gasteiger partial charge in [0.05, 0.1) is 54.9 Å². The molecule has 6 N–H and O–H groups in total. The van der Waals surface area contributed by atoms with Crippen molar-refractivity contribution in [2.45, 2.75) is 184 Å². The summed E-state index contributed by atoms with van der Waals surface area (Å²) in [6, 6.07) is 0. The third-order valence-corrected chi connectivity index (χ3v) is 15.5. The molecule has 3 saturated heterocycles. The third kappa shape index (κ3) is 6.81. The highest BCUT2D eigenvalue weighted by molar-refractivity contribution is 5.85. The number of hydrogen-bond acceptors (Lipinski definition) is 14. The Hall–Kier alpha value is -1.27. The summed E-state index contributed by atoms with van der Waals surface area (Å²) < 4.78 is 41.7. The predicted octanol–water partition coefficient (Wildman–Crippen LogP) is 1.83. The molecule has 0 aromatic heterocycles.